The Labute approximate surface area is 122 Å². The van der Waals surface area contributed by atoms with Gasteiger partial charge in [0.05, 0.1) is 15.7 Å². The normalized spacial score (nSPS) is 10.4. The minimum Gasteiger partial charge on any atom is -0.478 e. The fourth-order valence-electron chi connectivity index (χ4n) is 1.70. The van der Waals surface area contributed by atoms with Gasteiger partial charge in [-0.05, 0) is 52.7 Å². The Hall–Kier alpha value is -1.95. The van der Waals surface area contributed by atoms with Gasteiger partial charge in [-0.1, -0.05) is 0 Å². The van der Waals surface area contributed by atoms with Crippen molar-refractivity contribution >= 4 is 33.3 Å². The summed E-state index contributed by atoms with van der Waals surface area (Å²) in [4.78, 5) is 10.8. The first-order chi connectivity index (χ1) is 9.38. The summed E-state index contributed by atoms with van der Waals surface area (Å²) in [6, 6.07) is 6.48. The van der Waals surface area contributed by atoms with Crippen molar-refractivity contribution in [2.24, 2.45) is 0 Å². The number of aromatic carboxylic acids is 1. The van der Waals surface area contributed by atoms with Crippen LogP contribution in [-0.4, -0.2) is 11.1 Å². The van der Waals surface area contributed by atoms with Gasteiger partial charge in [0, 0.05) is 11.8 Å². The number of benzene rings is 2. The number of carboxylic acids is 1. The summed E-state index contributed by atoms with van der Waals surface area (Å²) < 4.78 is 26.9. The van der Waals surface area contributed by atoms with E-state index in [4.69, 9.17) is 5.11 Å². The van der Waals surface area contributed by atoms with Crippen molar-refractivity contribution in [3.63, 3.8) is 0 Å². The van der Waals surface area contributed by atoms with E-state index in [2.05, 4.69) is 21.2 Å². The van der Waals surface area contributed by atoms with Gasteiger partial charge in [-0.25, -0.2) is 13.6 Å². The van der Waals surface area contributed by atoms with E-state index in [1.54, 1.807) is 6.92 Å². The molecule has 6 heteroatoms. The van der Waals surface area contributed by atoms with Crippen molar-refractivity contribution in [2.75, 3.05) is 5.32 Å². The third-order valence-corrected chi connectivity index (χ3v) is 3.36. The topological polar surface area (TPSA) is 49.3 Å². The third-order valence-electron chi connectivity index (χ3n) is 2.75. The van der Waals surface area contributed by atoms with Gasteiger partial charge in [0.2, 0.25) is 0 Å². The predicted octanol–water partition coefficient (Wildman–Crippen LogP) is 4.48. The Bertz CT molecular complexity index is 689. The summed E-state index contributed by atoms with van der Waals surface area (Å²) in [5, 5.41) is 11.7. The molecule has 0 aliphatic carbocycles. The molecule has 0 saturated heterocycles. The van der Waals surface area contributed by atoms with Gasteiger partial charge >= 0.3 is 5.97 Å². The highest BCUT2D eigenvalue weighted by Crippen LogP contribution is 2.28. The first-order valence-electron chi connectivity index (χ1n) is 5.64. The van der Waals surface area contributed by atoms with Gasteiger partial charge < -0.3 is 10.4 Å². The maximum Gasteiger partial charge on any atom is 0.335 e. The zero-order valence-corrected chi connectivity index (χ0v) is 12.0. The van der Waals surface area contributed by atoms with E-state index in [1.807, 2.05) is 0 Å². The number of aryl methyl sites for hydroxylation is 1. The highest BCUT2D eigenvalue weighted by molar-refractivity contribution is 9.10. The first kappa shape index (κ1) is 14.5. The van der Waals surface area contributed by atoms with E-state index in [0.29, 0.717) is 11.3 Å². The second kappa shape index (κ2) is 5.58. The van der Waals surface area contributed by atoms with E-state index < -0.39 is 17.6 Å². The third kappa shape index (κ3) is 2.96. The fourth-order valence-corrected chi connectivity index (χ4v) is 2.04. The van der Waals surface area contributed by atoms with Gasteiger partial charge in [0.1, 0.15) is 11.6 Å². The molecule has 0 aromatic heterocycles. The van der Waals surface area contributed by atoms with Crippen molar-refractivity contribution in [3.8, 4) is 0 Å². The summed E-state index contributed by atoms with van der Waals surface area (Å²) in [5.41, 5.74) is 1.44. The molecule has 2 aromatic carbocycles. The predicted molar refractivity (Wildman–Crippen MR) is 75.5 cm³/mol. The SMILES string of the molecule is Cc1cc(C(=O)O)ccc1Nc1cc(Br)c(F)cc1F. The van der Waals surface area contributed by atoms with Crippen LogP contribution in [0.2, 0.25) is 0 Å². The average Bonchev–Trinajstić information content (AvgIpc) is 2.37. The Morgan fingerprint density at radius 1 is 1.15 bits per heavy atom. The van der Waals surface area contributed by atoms with Crippen LogP contribution in [0.5, 0.6) is 0 Å². The molecule has 0 saturated carbocycles. The highest BCUT2D eigenvalue weighted by Gasteiger charge is 2.10. The standard InChI is InChI=1S/C14H10BrF2NO2/c1-7-4-8(14(19)20)2-3-12(7)18-13-5-9(15)10(16)6-11(13)17/h2-6,18H,1H3,(H,19,20). The number of rotatable bonds is 3. The molecule has 2 aromatic rings. The largest absolute Gasteiger partial charge is 0.478 e. The van der Waals surface area contributed by atoms with Crippen molar-refractivity contribution in [2.45, 2.75) is 6.92 Å². The summed E-state index contributed by atoms with van der Waals surface area (Å²) in [5.74, 6) is -2.45. The minimum absolute atomic E-state index is 0.101. The molecule has 0 aliphatic heterocycles. The molecule has 20 heavy (non-hydrogen) atoms. The van der Waals surface area contributed by atoms with E-state index in [-0.39, 0.29) is 15.7 Å². The van der Waals surface area contributed by atoms with E-state index >= 15 is 0 Å². The quantitative estimate of drug-likeness (QED) is 0.809. The van der Waals surface area contributed by atoms with Crippen LogP contribution in [-0.2, 0) is 0 Å². The molecule has 2 rings (SSSR count). The smallest absolute Gasteiger partial charge is 0.335 e. The zero-order valence-electron chi connectivity index (χ0n) is 10.4. The van der Waals surface area contributed by atoms with Crippen LogP contribution in [0.4, 0.5) is 20.2 Å². The first-order valence-corrected chi connectivity index (χ1v) is 6.43. The monoisotopic (exact) mass is 341 g/mol. The van der Waals surface area contributed by atoms with Crippen molar-refractivity contribution in [3.05, 3.63) is 57.6 Å². The number of carbonyl (C=O) groups is 1. The molecule has 0 aliphatic rings. The van der Waals surface area contributed by atoms with Gasteiger partial charge in [-0.15, -0.1) is 0 Å². The average molecular weight is 342 g/mol. The molecule has 0 atom stereocenters. The lowest BCUT2D eigenvalue weighted by Crippen LogP contribution is -2.00. The van der Waals surface area contributed by atoms with Crippen molar-refractivity contribution < 1.29 is 18.7 Å². The summed E-state index contributed by atoms with van der Waals surface area (Å²) in [7, 11) is 0. The molecule has 104 valence electrons. The zero-order chi connectivity index (χ0) is 14.9. The number of hydrogen-bond donors (Lipinski definition) is 2. The second-order valence-electron chi connectivity index (χ2n) is 4.21. The molecule has 0 bridgehead atoms. The summed E-state index contributed by atoms with van der Waals surface area (Å²) >= 11 is 2.98. The summed E-state index contributed by atoms with van der Waals surface area (Å²) in [6.07, 6.45) is 0. The van der Waals surface area contributed by atoms with E-state index in [9.17, 15) is 13.6 Å². The Morgan fingerprint density at radius 2 is 1.85 bits per heavy atom. The van der Waals surface area contributed by atoms with Gasteiger partial charge in [-0.2, -0.15) is 0 Å². The molecule has 0 fully saturated rings. The van der Waals surface area contributed by atoms with Crippen LogP contribution in [0.1, 0.15) is 15.9 Å². The Kier molecular flexibility index (Phi) is 4.04. The minimum atomic E-state index is -1.03. The van der Waals surface area contributed by atoms with E-state index in [0.717, 1.165) is 6.07 Å². The van der Waals surface area contributed by atoms with Crippen LogP contribution in [0.15, 0.2) is 34.8 Å². The van der Waals surface area contributed by atoms with E-state index in [1.165, 1.54) is 24.3 Å². The lowest BCUT2D eigenvalue weighted by molar-refractivity contribution is 0.0697. The number of hydrogen-bond acceptors (Lipinski definition) is 2. The number of nitrogens with one attached hydrogen (secondary N) is 1. The van der Waals surface area contributed by atoms with Gasteiger partial charge in [0.15, 0.2) is 0 Å². The molecule has 0 unspecified atom stereocenters. The van der Waals surface area contributed by atoms with Crippen molar-refractivity contribution in [1.82, 2.24) is 0 Å². The van der Waals surface area contributed by atoms with Crippen LogP contribution < -0.4 is 5.32 Å². The second-order valence-corrected chi connectivity index (χ2v) is 5.06. The van der Waals surface area contributed by atoms with Gasteiger partial charge in [-0.3, -0.25) is 0 Å². The lowest BCUT2D eigenvalue weighted by atomic mass is 10.1. The fraction of sp³-hybridized carbons (Fsp3) is 0.0714. The molecule has 0 heterocycles. The Morgan fingerprint density at radius 3 is 2.45 bits per heavy atom. The lowest BCUT2D eigenvalue weighted by Gasteiger charge is -2.11. The molecule has 0 amide bonds. The molecule has 3 nitrogen and oxygen atoms in total. The van der Waals surface area contributed by atoms with Gasteiger partial charge in [0.25, 0.3) is 0 Å². The Balaban J connectivity index is 2.35. The maximum absolute atomic E-state index is 13.6. The molecule has 2 N–H and O–H groups in total. The van der Waals surface area contributed by atoms with Crippen molar-refractivity contribution in [1.29, 1.82) is 0 Å². The van der Waals surface area contributed by atoms with Crippen LogP contribution in [0.25, 0.3) is 0 Å². The molecule has 0 spiro atoms. The maximum atomic E-state index is 13.6. The molecule has 0 radical (unpaired) electrons. The van der Waals surface area contributed by atoms with Crippen LogP contribution in [0, 0.1) is 18.6 Å². The number of halogens is 3. The number of carboxylic acid groups (broad SMARTS) is 1. The highest BCUT2D eigenvalue weighted by atomic mass is 79.9. The van der Waals surface area contributed by atoms with Crippen LogP contribution in [0.3, 0.4) is 0 Å². The molecular formula is C14H10BrF2NO2. The summed E-state index contributed by atoms with van der Waals surface area (Å²) in [6.45, 7) is 1.70. The molecular weight excluding hydrogens is 332 g/mol. The van der Waals surface area contributed by atoms with Crippen LogP contribution >= 0.6 is 15.9 Å². The number of anilines is 2.